The van der Waals surface area contributed by atoms with Gasteiger partial charge in [-0.2, -0.15) is 5.10 Å². The molecule has 5 nitrogen and oxygen atoms in total. The number of amides is 1. The number of nitrogens with zero attached hydrogens (tertiary/aromatic N) is 2. The van der Waals surface area contributed by atoms with Crippen molar-refractivity contribution in [3.05, 3.63) is 18.0 Å². The van der Waals surface area contributed by atoms with E-state index in [9.17, 15) is 4.79 Å². The molecule has 78 valence electrons. The molecule has 1 heterocycles. The largest absolute Gasteiger partial charge is 0.368 e. The van der Waals surface area contributed by atoms with E-state index in [0.717, 1.165) is 5.69 Å². The number of carbonyl (C=O) groups is 1. The fourth-order valence-corrected chi connectivity index (χ4v) is 0.973. The van der Waals surface area contributed by atoms with Gasteiger partial charge in [-0.05, 0) is 19.9 Å². The second kappa shape index (κ2) is 3.79. The molecule has 0 spiro atoms. The molecular weight excluding hydrogens is 180 g/mol. The van der Waals surface area contributed by atoms with Crippen LogP contribution in [0.1, 0.15) is 19.5 Å². The molecular formula is C9H16N4O. The van der Waals surface area contributed by atoms with Gasteiger partial charge in [-0.25, -0.2) is 0 Å². The summed E-state index contributed by atoms with van der Waals surface area (Å²) in [5.74, 6) is -0.361. The molecule has 3 N–H and O–H groups in total. The predicted octanol–water partition coefficient (Wildman–Crippen LogP) is -0.226. The SMILES string of the molecule is Cn1nccc1CNC(C)(C)C(N)=O. The van der Waals surface area contributed by atoms with E-state index < -0.39 is 5.54 Å². The molecule has 1 rings (SSSR count). The van der Waals surface area contributed by atoms with Gasteiger partial charge >= 0.3 is 0 Å². The van der Waals surface area contributed by atoms with Gasteiger partial charge in [0.15, 0.2) is 0 Å². The lowest BCUT2D eigenvalue weighted by Crippen LogP contribution is -2.50. The maximum absolute atomic E-state index is 11.0. The third-order valence-corrected chi connectivity index (χ3v) is 2.25. The molecule has 0 fully saturated rings. The van der Waals surface area contributed by atoms with Crippen LogP contribution in [-0.4, -0.2) is 21.2 Å². The summed E-state index contributed by atoms with van der Waals surface area (Å²) in [7, 11) is 1.86. The quantitative estimate of drug-likeness (QED) is 0.699. The highest BCUT2D eigenvalue weighted by molar-refractivity contribution is 5.83. The number of hydrogen-bond donors (Lipinski definition) is 2. The van der Waals surface area contributed by atoms with Crippen molar-refractivity contribution in [1.29, 1.82) is 0 Å². The Bertz CT molecular complexity index is 329. The van der Waals surface area contributed by atoms with Crippen LogP contribution in [0, 0.1) is 0 Å². The van der Waals surface area contributed by atoms with Crippen molar-refractivity contribution in [3.8, 4) is 0 Å². The van der Waals surface area contributed by atoms with Gasteiger partial charge in [0.1, 0.15) is 0 Å². The summed E-state index contributed by atoms with van der Waals surface area (Å²) in [6.07, 6.45) is 1.72. The van der Waals surface area contributed by atoms with Crippen molar-refractivity contribution in [2.45, 2.75) is 25.9 Å². The Morgan fingerprint density at radius 2 is 2.36 bits per heavy atom. The second-order valence-corrected chi connectivity index (χ2v) is 3.79. The molecule has 5 heteroatoms. The fourth-order valence-electron chi connectivity index (χ4n) is 0.973. The molecule has 1 amide bonds. The van der Waals surface area contributed by atoms with E-state index in [2.05, 4.69) is 10.4 Å². The Balaban J connectivity index is 2.57. The Kier molecular flexibility index (Phi) is 2.90. The molecule has 0 aromatic carbocycles. The molecule has 0 saturated carbocycles. The minimum atomic E-state index is -0.690. The maximum atomic E-state index is 11.0. The number of hydrogen-bond acceptors (Lipinski definition) is 3. The Morgan fingerprint density at radius 1 is 1.71 bits per heavy atom. The number of primary amides is 1. The van der Waals surface area contributed by atoms with Crippen molar-refractivity contribution < 1.29 is 4.79 Å². The van der Waals surface area contributed by atoms with Gasteiger partial charge in [0, 0.05) is 19.8 Å². The van der Waals surface area contributed by atoms with Crippen molar-refractivity contribution in [3.63, 3.8) is 0 Å². The monoisotopic (exact) mass is 196 g/mol. The molecule has 0 saturated heterocycles. The van der Waals surface area contributed by atoms with Crippen LogP contribution in [0.15, 0.2) is 12.3 Å². The highest BCUT2D eigenvalue weighted by Gasteiger charge is 2.23. The van der Waals surface area contributed by atoms with E-state index in [4.69, 9.17) is 5.73 Å². The molecule has 1 aromatic rings. The number of aromatic nitrogens is 2. The van der Waals surface area contributed by atoms with E-state index >= 15 is 0 Å². The second-order valence-electron chi connectivity index (χ2n) is 3.79. The molecule has 0 aliphatic carbocycles. The lowest BCUT2D eigenvalue weighted by molar-refractivity contribution is -0.123. The number of aryl methyl sites for hydroxylation is 1. The van der Waals surface area contributed by atoms with Crippen LogP contribution in [0.25, 0.3) is 0 Å². The molecule has 14 heavy (non-hydrogen) atoms. The highest BCUT2D eigenvalue weighted by atomic mass is 16.1. The molecule has 0 radical (unpaired) electrons. The van der Waals surface area contributed by atoms with Crippen LogP contribution in [0.4, 0.5) is 0 Å². The molecule has 0 unspecified atom stereocenters. The van der Waals surface area contributed by atoms with Crippen LogP contribution in [-0.2, 0) is 18.4 Å². The number of carbonyl (C=O) groups excluding carboxylic acids is 1. The van der Waals surface area contributed by atoms with E-state index in [0.29, 0.717) is 6.54 Å². The van der Waals surface area contributed by atoms with E-state index in [1.165, 1.54) is 0 Å². The molecule has 0 bridgehead atoms. The average molecular weight is 196 g/mol. The minimum absolute atomic E-state index is 0.361. The van der Waals surface area contributed by atoms with E-state index in [-0.39, 0.29) is 5.91 Å². The highest BCUT2D eigenvalue weighted by Crippen LogP contribution is 2.03. The van der Waals surface area contributed by atoms with Crippen LogP contribution < -0.4 is 11.1 Å². The summed E-state index contributed by atoms with van der Waals surface area (Å²) in [5.41, 5.74) is 5.55. The number of nitrogens with one attached hydrogen (secondary N) is 1. The normalized spacial score (nSPS) is 11.6. The summed E-state index contributed by atoms with van der Waals surface area (Å²) in [4.78, 5) is 11.0. The van der Waals surface area contributed by atoms with E-state index in [1.54, 1.807) is 24.7 Å². The lowest BCUT2D eigenvalue weighted by atomic mass is 10.1. The first kappa shape index (κ1) is 10.7. The van der Waals surface area contributed by atoms with Crippen molar-refractivity contribution in [2.24, 2.45) is 12.8 Å². The third-order valence-electron chi connectivity index (χ3n) is 2.25. The fraction of sp³-hybridized carbons (Fsp3) is 0.556. The van der Waals surface area contributed by atoms with Gasteiger partial charge < -0.3 is 5.73 Å². The van der Waals surface area contributed by atoms with Crippen molar-refractivity contribution in [1.82, 2.24) is 15.1 Å². The van der Waals surface area contributed by atoms with Gasteiger partial charge in [-0.15, -0.1) is 0 Å². The van der Waals surface area contributed by atoms with Crippen LogP contribution in [0.2, 0.25) is 0 Å². The van der Waals surface area contributed by atoms with Crippen LogP contribution in [0.5, 0.6) is 0 Å². The van der Waals surface area contributed by atoms with Crippen molar-refractivity contribution >= 4 is 5.91 Å². The van der Waals surface area contributed by atoms with Gasteiger partial charge in [0.2, 0.25) is 5.91 Å². The Labute approximate surface area is 83.3 Å². The van der Waals surface area contributed by atoms with Gasteiger partial charge in [-0.1, -0.05) is 0 Å². The molecule has 0 aliphatic rings. The van der Waals surface area contributed by atoms with Gasteiger partial charge in [0.25, 0.3) is 0 Å². The number of nitrogens with two attached hydrogens (primary N) is 1. The van der Waals surface area contributed by atoms with Crippen molar-refractivity contribution in [2.75, 3.05) is 0 Å². The zero-order valence-corrected chi connectivity index (χ0v) is 8.74. The minimum Gasteiger partial charge on any atom is -0.368 e. The molecule has 0 atom stereocenters. The first-order valence-corrected chi connectivity index (χ1v) is 4.45. The first-order valence-electron chi connectivity index (χ1n) is 4.45. The zero-order valence-electron chi connectivity index (χ0n) is 8.74. The Hall–Kier alpha value is -1.36. The zero-order chi connectivity index (χ0) is 10.8. The third kappa shape index (κ3) is 2.32. The van der Waals surface area contributed by atoms with E-state index in [1.807, 2.05) is 13.1 Å². The standard InChI is InChI=1S/C9H16N4O/c1-9(2,8(10)14)11-6-7-4-5-12-13(7)3/h4-5,11H,6H2,1-3H3,(H2,10,14). The average Bonchev–Trinajstić information content (AvgIpc) is 2.47. The first-order chi connectivity index (χ1) is 6.43. The Morgan fingerprint density at radius 3 is 2.79 bits per heavy atom. The molecule has 0 aliphatic heterocycles. The smallest absolute Gasteiger partial charge is 0.237 e. The van der Waals surface area contributed by atoms with Crippen LogP contribution >= 0.6 is 0 Å². The summed E-state index contributed by atoms with van der Waals surface area (Å²) in [6.45, 7) is 4.09. The predicted molar refractivity (Wildman–Crippen MR) is 53.3 cm³/mol. The summed E-state index contributed by atoms with van der Waals surface area (Å²) in [6, 6.07) is 1.89. The molecule has 1 aromatic heterocycles. The van der Waals surface area contributed by atoms with Gasteiger partial charge in [0.05, 0.1) is 11.2 Å². The maximum Gasteiger partial charge on any atom is 0.237 e. The summed E-state index contributed by atoms with van der Waals surface area (Å²) >= 11 is 0. The lowest BCUT2D eigenvalue weighted by Gasteiger charge is -2.22. The van der Waals surface area contributed by atoms with Gasteiger partial charge in [-0.3, -0.25) is 14.8 Å². The van der Waals surface area contributed by atoms with Crippen LogP contribution in [0.3, 0.4) is 0 Å². The summed E-state index contributed by atoms with van der Waals surface area (Å²) in [5, 5.41) is 7.09. The number of rotatable bonds is 4. The topological polar surface area (TPSA) is 72.9 Å². The summed E-state index contributed by atoms with van der Waals surface area (Å²) < 4.78 is 1.75.